The first-order valence-corrected chi connectivity index (χ1v) is 6.94. The van der Waals surface area contributed by atoms with Crippen LogP contribution in [0.4, 0.5) is 5.82 Å². The van der Waals surface area contributed by atoms with Crippen molar-refractivity contribution in [2.45, 2.75) is 32.6 Å². The number of piperidine rings is 1. The Bertz CT molecular complexity index is 359. The topological polar surface area (TPSA) is 41.0 Å². The molecule has 1 aromatic heterocycles. The molecule has 1 aliphatic rings. The summed E-state index contributed by atoms with van der Waals surface area (Å²) >= 11 is 0. The molecule has 0 saturated carbocycles. The highest BCUT2D eigenvalue weighted by Crippen LogP contribution is 2.21. The van der Waals surface area contributed by atoms with E-state index in [2.05, 4.69) is 46.4 Å². The molecule has 2 rings (SSSR count). The molecular formula is C14H24N4. The van der Waals surface area contributed by atoms with Crippen LogP contribution >= 0.6 is 0 Å². The Hall–Kier alpha value is -1.16. The number of aromatic nitrogens is 2. The standard InChI is InChI=1S/C14H24N4/c1-11(2)13-6-7-14(17-16-13)18-8-4-5-12(10-18)9-15-3/h6-7,11-12,15H,4-5,8-10H2,1-3H3. The number of hydrogen-bond donors (Lipinski definition) is 1. The molecule has 1 aromatic rings. The van der Waals surface area contributed by atoms with Gasteiger partial charge in [0, 0.05) is 13.1 Å². The lowest BCUT2D eigenvalue weighted by Gasteiger charge is -2.33. The van der Waals surface area contributed by atoms with Crippen molar-refractivity contribution in [3.05, 3.63) is 17.8 Å². The molecule has 1 saturated heterocycles. The van der Waals surface area contributed by atoms with Gasteiger partial charge in [-0.05, 0) is 50.4 Å². The van der Waals surface area contributed by atoms with Crippen molar-refractivity contribution in [3.8, 4) is 0 Å². The number of anilines is 1. The highest BCUT2D eigenvalue weighted by Gasteiger charge is 2.20. The van der Waals surface area contributed by atoms with Gasteiger partial charge in [-0.1, -0.05) is 13.8 Å². The SMILES string of the molecule is CNCC1CCCN(c2ccc(C(C)C)nn2)C1. The summed E-state index contributed by atoms with van der Waals surface area (Å²) in [5.74, 6) is 2.21. The summed E-state index contributed by atoms with van der Waals surface area (Å²) in [7, 11) is 2.02. The number of nitrogens with zero attached hydrogens (tertiary/aromatic N) is 3. The maximum absolute atomic E-state index is 4.37. The lowest BCUT2D eigenvalue weighted by atomic mass is 9.98. The van der Waals surface area contributed by atoms with Crippen molar-refractivity contribution in [1.29, 1.82) is 0 Å². The third kappa shape index (κ3) is 3.19. The molecular weight excluding hydrogens is 224 g/mol. The lowest BCUT2D eigenvalue weighted by Crippen LogP contribution is -2.39. The van der Waals surface area contributed by atoms with Crippen molar-refractivity contribution < 1.29 is 0 Å². The smallest absolute Gasteiger partial charge is 0.151 e. The van der Waals surface area contributed by atoms with Crippen LogP contribution in [0.5, 0.6) is 0 Å². The minimum Gasteiger partial charge on any atom is -0.355 e. The zero-order valence-corrected chi connectivity index (χ0v) is 11.7. The van der Waals surface area contributed by atoms with Gasteiger partial charge in [-0.25, -0.2) is 0 Å². The third-order valence-corrected chi connectivity index (χ3v) is 3.60. The fourth-order valence-corrected chi connectivity index (χ4v) is 2.54. The van der Waals surface area contributed by atoms with Gasteiger partial charge < -0.3 is 10.2 Å². The summed E-state index contributed by atoms with van der Waals surface area (Å²) in [5, 5.41) is 12.0. The lowest BCUT2D eigenvalue weighted by molar-refractivity contribution is 0.400. The molecule has 4 nitrogen and oxygen atoms in total. The van der Waals surface area contributed by atoms with Gasteiger partial charge in [0.25, 0.3) is 0 Å². The summed E-state index contributed by atoms with van der Waals surface area (Å²) in [6.45, 7) is 7.58. The highest BCUT2D eigenvalue weighted by atomic mass is 15.3. The van der Waals surface area contributed by atoms with Gasteiger partial charge >= 0.3 is 0 Å². The maximum atomic E-state index is 4.37. The summed E-state index contributed by atoms with van der Waals surface area (Å²) in [4.78, 5) is 2.36. The Kier molecular flexibility index (Phi) is 4.53. The molecule has 0 amide bonds. The summed E-state index contributed by atoms with van der Waals surface area (Å²) in [5.41, 5.74) is 1.07. The Morgan fingerprint density at radius 1 is 1.39 bits per heavy atom. The maximum Gasteiger partial charge on any atom is 0.151 e. The predicted molar refractivity (Wildman–Crippen MR) is 75.0 cm³/mol. The van der Waals surface area contributed by atoms with E-state index in [-0.39, 0.29) is 0 Å². The molecule has 1 unspecified atom stereocenters. The van der Waals surface area contributed by atoms with E-state index >= 15 is 0 Å². The van der Waals surface area contributed by atoms with E-state index < -0.39 is 0 Å². The van der Waals surface area contributed by atoms with Crippen molar-refractivity contribution in [2.24, 2.45) is 5.92 Å². The van der Waals surface area contributed by atoms with E-state index in [0.717, 1.165) is 37.1 Å². The first kappa shape index (κ1) is 13.3. The van der Waals surface area contributed by atoms with Gasteiger partial charge in [-0.15, -0.1) is 5.10 Å². The molecule has 1 aliphatic heterocycles. The normalized spacial score (nSPS) is 20.4. The van der Waals surface area contributed by atoms with E-state index in [1.54, 1.807) is 0 Å². The summed E-state index contributed by atoms with van der Waals surface area (Å²) in [6, 6.07) is 4.22. The van der Waals surface area contributed by atoms with Crippen molar-refractivity contribution >= 4 is 5.82 Å². The van der Waals surface area contributed by atoms with Gasteiger partial charge in [0.05, 0.1) is 5.69 Å². The largest absolute Gasteiger partial charge is 0.355 e. The quantitative estimate of drug-likeness (QED) is 0.885. The van der Waals surface area contributed by atoms with Crippen LogP contribution in [-0.2, 0) is 0 Å². The summed E-state index contributed by atoms with van der Waals surface area (Å²) < 4.78 is 0. The van der Waals surface area contributed by atoms with Crippen LogP contribution in [0, 0.1) is 5.92 Å². The second kappa shape index (κ2) is 6.14. The van der Waals surface area contributed by atoms with E-state index in [1.807, 2.05) is 7.05 Å². The first-order chi connectivity index (χ1) is 8.70. The Morgan fingerprint density at radius 3 is 2.83 bits per heavy atom. The average molecular weight is 248 g/mol. The van der Waals surface area contributed by atoms with Gasteiger partial charge in [0.2, 0.25) is 0 Å². The van der Waals surface area contributed by atoms with Crippen LogP contribution in [0.2, 0.25) is 0 Å². The number of rotatable bonds is 4. The van der Waals surface area contributed by atoms with E-state index in [0.29, 0.717) is 5.92 Å². The highest BCUT2D eigenvalue weighted by molar-refractivity contribution is 5.38. The van der Waals surface area contributed by atoms with E-state index in [9.17, 15) is 0 Å². The van der Waals surface area contributed by atoms with Crippen LogP contribution in [-0.4, -0.2) is 36.9 Å². The monoisotopic (exact) mass is 248 g/mol. The molecule has 1 atom stereocenters. The molecule has 1 fully saturated rings. The van der Waals surface area contributed by atoms with Crippen LogP contribution in [0.3, 0.4) is 0 Å². The van der Waals surface area contributed by atoms with Gasteiger partial charge in [0.15, 0.2) is 5.82 Å². The fraction of sp³-hybridized carbons (Fsp3) is 0.714. The molecule has 100 valence electrons. The third-order valence-electron chi connectivity index (χ3n) is 3.60. The minimum absolute atomic E-state index is 0.449. The zero-order valence-electron chi connectivity index (χ0n) is 11.7. The predicted octanol–water partition coefficient (Wildman–Crippen LogP) is 2.04. The molecule has 4 heteroatoms. The van der Waals surface area contributed by atoms with Crippen molar-refractivity contribution in [2.75, 3.05) is 31.6 Å². The fourth-order valence-electron chi connectivity index (χ4n) is 2.54. The van der Waals surface area contributed by atoms with Crippen molar-refractivity contribution in [1.82, 2.24) is 15.5 Å². The Morgan fingerprint density at radius 2 is 2.22 bits per heavy atom. The van der Waals surface area contributed by atoms with E-state index in [4.69, 9.17) is 0 Å². The minimum atomic E-state index is 0.449. The molecule has 1 N–H and O–H groups in total. The second-order valence-electron chi connectivity index (χ2n) is 5.48. The van der Waals surface area contributed by atoms with E-state index in [1.165, 1.54) is 12.8 Å². The molecule has 0 radical (unpaired) electrons. The first-order valence-electron chi connectivity index (χ1n) is 6.94. The number of nitrogens with one attached hydrogen (secondary N) is 1. The van der Waals surface area contributed by atoms with Gasteiger partial charge in [0.1, 0.15) is 0 Å². The van der Waals surface area contributed by atoms with Gasteiger partial charge in [-0.2, -0.15) is 5.10 Å². The van der Waals surface area contributed by atoms with Crippen LogP contribution in [0.25, 0.3) is 0 Å². The molecule has 18 heavy (non-hydrogen) atoms. The zero-order chi connectivity index (χ0) is 13.0. The molecule has 0 bridgehead atoms. The van der Waals surface area contributed by atoms with Crippen LogP contribution in [0.15, 0.2) is 12.1 Å². The van der Waals surface area contributed by atoms with Crippen LogP contribution < -0.4 is 10.2 Å². The average Bonchev–Trinajstić information content (AvgIpc) is 2.39. The van der Waals surface area contributed by atoms with Crippen LogP contribution in [0.1, 0.15) is 38.3 Å². The van der Waals surface area contributed by atoms with Gasteiger partial charge in [-0.3, -0.25) is 0 Å². The Labute approximate surface area is 110 Å². The molecule has 2 heterocycles. The molecule has 0 spiro atoms. The van der Waals surface area contributed by atoms with Crippen molar-refractivity contribution in [3.63, 3.8) is 0 Å². The number of hydrogen-bond acceptors (Lipinski definition) is 4. The molecule has 0 aromatic carbocycles. The second-order valence-corrected chi connectivity index (χ2v) is 5.48. The molecule has 0 aliphatic carbocycles. The Balaban J connectivity index is 2.02. The summed E-state index contributed by atoms with van der Waals surface area (Å²) in [6.07, 6.45) is 2.56.